The van der Waals surface area contributed by atoms with E-state index < -0.39 is 16.2 Å². The van der Waals surface area contributed by atoms with Gasteiger partial charge in [-0.05, 0) is 23.3 Å². The Labute approximate surface area is 194 Å². The van der Waals surface area contributed by atoms with Gasteiger partial charge in [-0.3, -0.25) is 9.69 Å². The first kappa shape index (κ1) is 21.6. The van der Waals surface area contributed by atoms with Crippen molar-refractivity contribution >= 4 is 21.6 Å². The predicted octanol–water partition coefficient (Wildman–Crippen LogP) is 2.65. The van der Waals surface area contributed by atoms with E-state index in [1.807, 2.05) is 36.4 Å². The number of para-hydroxylation sites is 1. The van der Waals surface area contributed by atoms with Gasteiger partial charge in [-0.1, -0.05) is 72.8 Å². The van der Waals surface area contributed by atoms with Crippen molar-refractivity contribution in [1.82, 2.24) is 14.5 Å². The number of rotatable bonds is 4. The summed E-state index contributed by atoms with van der Waals surface area (Å²) in [6, 6.07) is 27.5. The maximum atomic E-state index is 13.2. The van der Waals surface area contributed by atoms with Crippen molar-refractivity contribution in [2.24, 2.45) is 0 Å². The van der Waals surface area contributed by atoms with Gasteiger partial charge in [-0.25, -0.2) is 8.42 Å². The summed E-state index contributed by atoms with van der Waals surface area (Å²) in [6.45, 7) is 2.43. The molecule has 3 aromatic carbocycles. The summed E-state index contributed by atoms with van der Waals surface area (Å²) in [5.74, 6) is -0.260. The highest BCUT2D eigenvalue weighted by molar-refractivity contribution is 7.89. The van der Waals surface area contributed by atoms with Crippen molar-refractivity contribution in [3.63, 3.8) is 0 Å². The van der Waals surface area contributed by atoms with Crippen molar-refractivity contribution in [3.05, 3.63) is 96.1 Å². The molecular weight excluding hydrogens is 436 g/mol. The van der Waals surface area contributed by atoms with E-state index in [0.717, 1.165) is 0 Å². The minimum absolute atomic E-state index is 0.0998. The Kier molecular flexibility index (Phi) is 5.88. The highest BCUT2D eigenvalue weighted by Crippen LogP contribution is 2.30. The van der Waals surface area contributed by atoms with Gasteiger partial charge in [-0.2, -0.15) is 4.72 Å². The van der Waals surface area contributed by atoms with Crippen LogP contribution in [0.15, 0.2) is 89.8 Å². The van der Waals surface area contributed by atoms with Crippen LogP contribution >= 0.6 is 0 Å². The number of piperazine rings is 1. The molecule has 8 heteroatoms. The fourth-order valence-corrected chi connectivity index (χ4v) is 5.88. The van der Waals surface area contributed by atoms with E-state index in [4.69, 9.17) is 0 Å². The van der Waals surface area contributed by atoms with Crippen LogP contribution in [0.1, 0.15) is 17.2 Å². The normalized spacial score (nSPS) is 20.2. The summed E-state index contributed by atoms with van der Waals surface area (Å²) in [5, 5.41) is 3.04. The van der Waals surface area contributed by atoms with Gasteiger partial charge in [-0.15, -0.1) is 0 Å². The van der Waals surface area contributed by atoms with Gasteiger partial charge in [0.15, 0.2) is 6.17 Å². The first-order valence-corrected chi connectivity index (χ1v) is 12.5. The second-order valence-electron chi connectivity index (χ2n) is 8.28. The zero-order valence-electron chi connectivity index (χ0n) is 18.1. The Hall–Kier alpha value is -3.20. The molecule has 1 fully saturated rings. The molecule has 0 saturated carbocycles. The molecule has 0 spiro atoms. The van der Waals surface area contributed by atoms with Gasteiger partial charge in [0.2, 0.25) is 10.0 Å². The van der Waals surface area contributed by atoms with E-state index in [1.165, 1.54) is 17.2 Å². The summed E-state index contributed by atoms with van der Waals surface area (Å²) >= 11 is 0. The monoisotopic (exact) mass is 462 g/mol. The second-order valence-corrected chi connectivity index (χ2v) is 9.96. The third-order valence-corrected chi connectivity index (χ3v) is 7.70. The van der Waals surface area contributed by atoms with Crippen LogP contribution in [0.2, 0.25) is 0 Å². The molecule has 3 aromatic rings. The van der Waals surface area contributed by atoms with Crippen LogP contribution in [-0.2, 0) is 14.8 Å². The van der Waals surface area contributed by atoms with Crippen molar-refractivity contribution in [2.45, 2.75) is 17.1 Å². The third-order valence-electron chi connectivity index (χ3n) is 6.22. The quantitative estimate of drug-likeness (QED) is 0.623. The van der Waals surface area contributed by atoms with Crippen LogP contribution < -0.4 is 10.0 Å². The molecule has 0 unspecified atom stereocenters. The summed E-state index contributed by atoms with van der Waals surface area (Å²) in [6.07, 6.45) is -1.00. The van der Waals surface area contributed by atoms with Crippen LogP contribution in [0.3, 0.4) is 0 Å². The molecule has 170 valence electrons. The molecule has 0 aliphatic carbocycles. The van der Waals surface area contributed by atoms with Crippen molar-refractivity contribution in [1.29, 1.82) is 0 Å². The van der Waals surface area contributed by atoms with E-state index in [1.54, 1.807) is 23.1 Å². The Bertz CT molecular complexity index is 1190. The van der Waals surface area contributed by atoms with E-state index in [2.05, 4.69) is 39.2 Å². The fraction of sp³-hybridized carbons (Fsp3) is 0.240. The van der Waals surface area contributed by atoms with E-state index >= 15 is 0 Å². The van der Waals surface area contributed by atoms with Gasteiger partial charge in [0.25, 0.3) is 5.91 Å². The van der Waals surface area contributed by atoms with Crippen molar-refractivity contribution in [2.75, 3.05) is 31.5 Å². The van der Waals surface area contributed by atoms with Gasteiger partial charge in [0, 0.05) is 26.2 Å². The zero-order chi connectivity index (χ0) is 22.8. The van der Waals surface area contributed by atoms with Crippen LogP contribution in [0.25, 0.3) is 0 Å². The molecule has 2 heterocycles. The number of hydrogen-bond donors (Lipinski definition) is 2. The van der Waals surface area contributed by atoms with E-state index in [0.29, 0.717) is 31.9 Å². The van der Waals surface area contributed by atoms with Gasteiger partial charge in [0.05, 0.1) is 11.7 Å². The molecule has 33 heavy (non-hydrogen) atoms. The minimum Gasteiger partial charge on any atom is -0.360 e. The average molecular weight is 463 g/mol. The molecule has 7 nitrogen and oxygen atoms in total. The topological polar surface area (TPSA) is 81.7 Å². The van der Waals surface area contributed by atoms with Crippen LogP contribution in [0.5, 0.6) is 0 Å². The lowest BCUT2D eigenvalue weighted by molar-refractivity contribution is -0.134. The minimum atomic E-state index is -3.74. The number of anilines is 1. The molecule has 1 atom stereocenters. The highest BCUT2D eigenvalue weighted by atomic mass is 32.2. The number of amides is 1. The number of carbonyl (C=O) groups is 1. The standard InChI is InChI=1S/C25H26N4O3S/c30-25(24-26-21-13-7-8-14-22(21)33(31,32)27-24)29-17-15-28(16-18-29)23(19-9-3-1-4-10-19)20-11-5-2-6-12-20/h1-14,23-24,26-27H,15-18H2/t24-/m0/s1. The molecule has 0 aromatic heterocycles. The predicted molar refractivity (Wildman–Crippen MR) is 127 cm³/mol. The summed E-state index contributed by atoms with van der Waals surface area (Å²) in [5.41, 5.74) is 2.87. The smallest absolute Gasteiger partial charge is 0.261 e. The van der Waals surface area contributed by atoms with Crippen LogP contribution in [0, 0.1) is 0 Å². The summed E-state index contributed by atoms with van der Waals surface area (Å²) in [7, 11) is -3.74. The molecule has 0 radical (unpaired) electrons. The van der Waals surface area contributed by atoms with Gasteiger partial charge >= 0.3 is 0 Å². The highest BCUT2D eigenvalue weighted by Gasteiger charge is 2.36. The van der Waals surface area contributed by atoms with Crippen LogP contribution in [-0.4, -0.2) is 56.5 Å². The molecule has 1 amide bonds. The third kappa shape index (κ3) is 4.37. The number of carbonyl (C=O) groups excluding carboxylic acids is 1. The first-order valence-electron chi connectivity index (χ1n) is 11.0. The van der Waals surface area contributed by atoms with E-state index in [9.17, 15) is 13.2 Å². The first-order chi connectivity index (χ1) is 16.0. The molecule has 5 rings (SSSR count). The maximum Gasteiger partial charge on any atom is 0.261 e. The van der Waals surface area contributed by atoms with Crippen molar-refractivity contribution < 1.29 is 13.2 Å². The zero-order valence-corrected chi connectivity index (χ0v) is 18.9. The lowest BCUT2D eigenvalue weighted by Gasteiger charge is -2.41. The number of nitrogens with zero attached hydrogens (tertiary/aromatic N) is 2. The number of sulfonamides is 1. The Morgan fingerprint density at radius 1 is 0.788 bits per heavy atom. The van der Waals surface area contributed by atoms with E-state index in [-0.39, 0.29) is 16.8 Å². The fourth-order valence-electron chi connectivity index (χ4n) is 4.60. The Morgan fingerprint density at radius 3 is 1.94 bits per heavy atom. The summed E-state index contributed by atoms with van der Waals surface area (Å²) in [4.78, 5) is 17.5. The number of nitrogens with one attached hydrogen (secondary N) is 2. The van der Waals surface area contributed by atoms with Gasteiger partial charge in [0.1, 0.15) is 4.90 Å². The molecular formula is C25H26N4O3S. The largest absolute Gasteiger partial charge is 0.360 e. The Morgan fingerprint density at radius 2 is 1.33 bits per heavy atom. The maximum absolute atomic E-state index is 13.2. The molecule has 0 bridgehead atoms. The second kappa shape index (κ2) is 8.97. The van der Waals surface area contributed by atoms with Gasteiger partial charge < -0.3 is 10.2 Å². The molecule has 2 aliphatic heterocycles. The average Bonchev–Trinajstić information content (AvgIpc) is 2.85. The molecule has 2 aliphatic rings. The number of hydrogen-bond acceptors (Lipinski definition) is 5. The molecule has 1 saturated heterocycles. The van der Waals surface area contributed by atoms with Crippen LogP contribution in [0.4, 0.5) is 5.69 Å². The summed E-state index contributed by atoms with van der Waals surface area (Å²) < 4.78 is 27.7. The van der Waals surface area contributed by atoms with Crippen molar-refractivity contribution in [3.8, 4) is 0 Å². The Balaban J connectivity index is 1.31. The molecule has 2 N–H and O–H groups in total. The number of fused-ring (bicyclic) bond motifs is 1. The lowest BCUT2D eigenvalue weighted by Crippen LogP contribution is -2.58. The SMILES string of the molecule is O=C([C@H]1Nc2ccccc2S(=O)(=O)N1)N1CCN(C(c2ccccc2)c2ccccc2)CC1. The number of benzene rings is 3. The lowest BCUT2D eigenvalue weighted by atomic mass is 9.96.